The standard InChI is InChI=1S/C22H18ClN5O3S/c1-31-20-12-14(7-8-18(20)23)21-17(6-3-10-25-21)19-9-11-26-22(28-19)27-15-4-2-5-16(13-15)32(24,29)30/h2-13H,1H3,(H2,24,29,30)(H,26,27,28). The molecule has 0 atom stereocenters. The first-order valence-corrected chi connectivity index (χ1v) is 11.3. The summed E-state index contributed by atoms with van der Waals surface area (Å²) in [6, 6.07) is 17.0. The zero-order chi connectivity index (χ0) is 22.7. The third kappa shape index (κ3) is 4.70. The molecule has 8 nitrogen and oxygen atoms in total. The lowest BCUT2D eigenvalue weighted by atomic mass is 10.0. The van der Waals surface area contributed by atoms with E-state index in [9.17, 15) is 8.42 Å². The minimum atomic E-state index is -3.82. The maximum absolute atomic E-state index is 11.6. The Morgan fingerprint density at radius 3 is 2.62 bits per heavy atom. The number of halogens is 1. The molecule has 0 bridgehead atoms. The molecule has 0 unspecified atom stereocenters. The van der Waals surface area contributed by atoms with Crippen molar-refractivity contribution < 1.29 is 13.2 Å². The molecule has 0 saturated heterocycles. The van der Waals surface area contributed by atoms with Crippen LogP contribution in [0.3, 0.4) is 0 Å². The maximum Gasteiger partial charge on any atom is 0.238 e. The number of nitrogens with two attached hydrogens (primary N) is 1. The molecule has 32 heavy (non-hydrogen) atoms. The molecule has 0 aliphatic rings. The zero-order valence-corrected chi connectivity index (χ0v) is 18.4. The zero-order valence-electron chi connectivity index (χ0n) is 16.9. The molecule has 0 aliphatic heterocycles. The van der Waals surface area contributed by atoms with E-state index in [1.807, 2.05) is 24.3 Å². The highest BCUT2D eigenvalue weighted by Crippen LogP contribution is 2.34. The van der Waals surface area contributed by atoms with Crippen LogP contribution in [-0.4, -0.2) is 30.5 Å². The molecule has 162 valence electrons. The van der Waals surface area contributed by atoms with E-state index in [2.05, 4.69) is 20.3 Å². The van der Waals surface area contributed by atoms with Crippen LogP contribution < -0.4 is 15.2 Å². The van der Waals surface area contributed by atoms with Gasteiger partial charge in [0.1, 0.15) is 5.75 Å². The normalized spacial score (nSPS) is 11.2. The highest BCUT2D eigenvalue weighted by Gasteiger charge is 2.13. The van der Waals surface area contributed by atoms with Crippen LogP contribution in [0.4, 0.5) is 11.6 Å². The number of sulfonamides is 1. The van der Waals surface area contributed by atoms with Crippen molar-refractivity contribution in [1.29, 1.82) is 0 Å². The van der Waals surface area contributed by atoms with Crippen molar-refractivity contribution in [3.8, 4) is 28.3 Å². The van der Waals surface area contributed by atoms with E-state index in [0.29, 0.717) is 27.8 Å². The molecular formula is C22H18ClN5O3S. The lowest BCUT2D eigenvalue weighted by molar-refractivity contribution is 0.415. The van der Waals surface area contributed by atoms with Crippen molar-refractivity contribution in [3.05, 3.63) is 78.1 Å². The summed E-state index contributed by atoms with van der Waals surface area (Å²) in [5.74, 6) is 0.832. The van der Waals surface area contributed by atoms with Gasteiger partial charge in [-0.05, 0) is 48.5 Å². The second-order valence-corrected chi connectivity index (χ2v) is 8.68. The number of anilines is 2. The summed E-state index contributed by atoms with van der Waals surface area (Å²) in [6.45, 7) is 0. The topological polar surface area (TPSA) is 120 Å². The second-order valence-electron chi connectivity index (χ2n) is 6.71. The van der Waals surface area contributed by atoms with Crippen molar-refractivity contribution in [2.45, 2.75) is 4.90 Å². The largest absolute Gasteiger partial charge is 0.495 e. The van der Waals surface area contributed by atoms with Crippen molar-refractivity contribution in [1.82, 2.24) is 15.0 Å². The molecule has 2 aromatic carbocycles. The summed E-state index contributed by atoms with van der Waals surface area (Å²) < 4.78 is 28.5. The van der Waals surface area contributed by atoms with Crippen LogP contribution in [0.1, 0.15) is 0 Å². The first-order chi connectivity index (χ1) is 15.3. The van der Waals surface area contributed by atoms with Crippen molar-refractivity contribution in [2.75, 3.05) is 12.4 Å². The molecule has 4 rings (SSSR count). The Morgan fingerprint density at radius 2 is 1.84 bits per heavy atom. The van der Waals surface area contributed by atoms with E-state index in [1.54, 1.807) is 43.8 Å². The summed E-state index contributed by atoms with van der Waals surface area (Å²) in [5.41, 5.74) is 3.41. The molecule has 0 fully saturated rings. The fourth-order valence-electron chi connectivity index (χ4n) is 3.10. The highest BCUT2D eigenvalue weighted by atomic mass is 35.5. The van der Waals surface area contributed by atoms with Crippen LogP contribution in [0.15, 0.2) is 78.0 Å². The van der Waals surface area contributed by atoms with Crippen molar-refractivity contribution >= 4 is 33.3 Å². The van der Waals surface area contributed by atoms with Gasteiger partial charge < -0.3 is 10.1 Å². The van der Waals surface area contributed by atoms with Gasteiger partial charge in [-0.1, -0.05) is 23.7 Å². The van der Waals surface area contributed by atoms with Gasteiger partial charge in [-0.25, -0.2) is 23.5 Å². The number of aromatic nitrogens is 3. The Kier molecular flexibility index (Phi) is 6.04. The maximum atomic E-state index is 11.6. The van der Waals surface area contributed by atoms with Gasteiger partial charge in [-0.15, -0.1) is 0 Å². The van der Waals surface area contributed by atoms with E-state index in [0.717, 1.165) is 11.1 Å². The van der Waals surface area contributed by atoms with Gasteiger partial charge >= 0.3 is 0 Å². The van der Waals surface area contributed by atoms with Gasteiger partial charge in [0.15, 0.2) is 0 Å². The Hall–Kier alpha value is -3.53. The number of methoxy groups -OCH3 is 1. The van der Waals surface area contributed by atoms with E-state index < -0.39 is 10.0 Å². The third-order valence-corrected chi connectivity index (χ3v) is 5.81. The molecule has 2 heterocycles. The van der Waals surface area contributed by atoms with E-state index in [1.165, 1.54) is 12.1 Å². The minimum absolute atomic E-state index is 0.00936. The lowest BCUT2D eigenvalue weighted by Gasteiger charge is -2.12. The summed E-state index contributed by atoms with van der Waals surface area (Å²) >= 11 is 6.16. The van der Waals surface area contributed by atoms with Gasteiger partial charge in [0, 0.05) is 29.2 Å². The fraction of sp³-hybridized carbons (Fsp3) is 0.0455. The van der Waals surface area contributed by atoms with Gasteiger partial charge in [0.2, 0.25) is 16.0 Å². The van der Waals surface area contributed by atoms with E-state index >= 15 is 0 Å². The lowest BCUT2D eigenvalue weighted by Crippen LogP contribution is -2.12. The van der Waals surface area contributed by atoms with Crippen molar-refractivity contribution in [3.63, 3.8) is 0 Å². The number of hydrogen-bond acceptors (Lipinski definition) is 7. The van der Waals surface area contributed by atoms with Crippen LogP contribution >= 0.6 is 11.6 Å². The van der Waals surface area contributed by atoms with Crippen LogP contribution in [0, 0.1) is 0 Å². The molecule has 10 heteroatoms. The van der Waals surface area contributed by atoms with Crippen LogP contribution in [0.25, 0.3) is 22.5 Å². The summed E-state index contributed by atoms with van der Waals surface area (Å²) in [4.78, 5) is 13.3. The molecule has 4 aromatic rings. The monoisotopic (exact) mass is 467 g/mol. The fourth-order valence-corrected chi connectivity index (χ4v) is 3.85. The third-order valence-electron chi connectivity index (χ3n) is 4.58. The molecule has 0 amide bonds. The summed E-state index contributed by atoms with van der Waals surface area (Å²) in [5, 5.41) is 8.73. The minimum Gasteiger partial charge on any atom is -0.495 e. The van der Waals surface area contributed by atoms with E-state index in [-0.39, 0.29) is 10.8 Å². The molecule has 0 aliphatic carbocycles. The molecule has 0 radical (unpaired) electrons. The average molecular weight is 468 g/mol. The Balaban J connectivity index is 1.71. The number of ether oxygens (including phenoxy) is 1. The summed E-state index contributed by atoms with van der Waals surface area (Å²) in [6.07, 6.45) is 3.30. The average Bonchev–Trinajstić information content (AvgIpc) is 2.79. The first-order valence-electron chi connectivity index (χ1n) is 9.37. The molecule has 2 aromatic heterocycles. The Morgan fingerprint density at radius 1 is 1.00 bits per heavy atom. The van der Waals surface area contributed by atoms with Crippen LogP contribution in [-0.2, 0) is 10.0 Å². The number of hydrogen-bond donors (Lipinski definition) is 2. The number of nitrogens with one attached hydrogen (secondary N) is 1. The molecular weight excluding hydrogens is 450 g/mol. The molecule has 0 spiro atoms. The van der Waals surface area contributed by atoms with Gasteiger partial charge in [-0.2, -0.15) is 0 Å². The number of rotatable bonds is 6. The number of pyridine rings is 1. The quantitative estimate of drug-likeness (QED) is 0.434. The van der Waals surface area contributed by atoms with E-state index in [4.69, 9.17) is 21.5 Å². The van der Waals surface area contributed by atoms with Gasteiger partial charge in [0.25, 0.3) is 0 Å². The SMILES string of the molecule is COc1cc(-c2ncccc2-c2ccnc(Nc3cccc(S(N)(=O)=O)c3)n2)ccc1Cl. The number of primary sulfonamides is 1. The smallest absolute Gasteiger partial charge is 0.238 e. The van der Waals surface area contributed by atoms with Crippen LogP contribution in [0.2, 0.25) is 5.02 Å². The van der Waals surface area contributed by atoms with Crippen LogP contribution in [0.5, 0.6) is 5.75 Å². The second kappa shape index (κ2) is 8.91. The number of benzene rings is 2. The molecule has 0 saturated carbocycles. The molecule has 3 N–H and O–H groups in total. The van der Waals surface area contributed by atoms with Gasteiger partial charge in [-0.3, -0.25) is 4.98 Å². The Bertz CT molecular complexity index is 1400. The van der Waals surface area contributed by atoms with Crippen molar-refractivity contribution in [2.24, 2.45) is 5.14 Å². The predicted molar refractivity (Wildman–Crippen MR) is 123 cm³/mol. The van der Waals surface area contributed by atoms with Gasteiger partial charge in [0.05, 0.1) is 28.4 Å². The predicted octanol–water partition coefficient (Wildman–Crippen LogP) is 4.26. The highest BCUT2D eigenvalue weighted by molar-refractivity contribution is 7.89. The number of nitrogens with zero attached hydrogens (tertiary/aromatic N) is 3. The first kappa shape index (κ1) is 21.7. The Labute approximate surface area is 190 Å². The summed E-state index contributed by atoms with van der Waals surface area (Å²) in [7, 11) is -2.27.